The molecular formula is C19H17N7O2. The Morgan fingerprint density at radius 1 is 1.14 bits per heavy atom. The number of anilines is 3. The Bertz CT molecular complexity index is 988. The summed E-state index contributed by atoms with van der Waals surface area (Å²) in [5, 5.41) is 20.0. The van der Waals surface area contributed by atoms with Crippen molar-refractivity contribution in [2.45, 2.75) is 0 Å². The van der Waals surface area contributed by atoms with Crippen LogP contribution < -0.4 is 10.2 Å². The zero-order valence-corrected chi connectivity index (χ0v) is 14.9. The molecule has 1 saturated heterocycles. The zero-order chi connectivity index (χ0) is 19.3. The molecule has 1 aromatic carbocycles. The lowest BCUT2D eigenvalue weighted by atomic mass is 10.2. The Balaban J connectivity index is 1.39. The topological polar surface area (TPSA) is 111 Å². The number of carbonyl (C=O) groups excluding carboxylic acids is 1. The smallest absolute Gasteiger partial charge is 0.289 e. The lowest BCUT2D eigenvalue weighted by Crippen LogP contribution is -2.49. The number of carbonyl (C=O) groups is 1. The Morgan fingerprint density at radius 3 is 2.61 bits per heavy atom. The number of nitrogens with zero attached hydrogens (tertiary/aromatic N) is 6. The lowest BCUT2D eigenvalue weighted by molar-refractivity contribution is 0.0714. The Labute approximate surface area is 161 Å². The van der Waals surface area contributed by atoms with E-state index >= 15 is 0 Å². The first-order valence-electron chi connectivity index (χ1n) is 8.77. The van der Waals surface area contributed by atoms with Gasteiger partial charge in [-0.05, 0) is 36.4 Å². The van der Waals surface area contributed by atoms with Crippen molar-refractivity contribution in [2.75, 3.05) is 36.4 Å². The van der Waals surface area contributed by atoms with E-state index in [-0.39, 0.29) is 5.91 Å². The first kappa shape index (κ1) is 17.5. The Hall–Kier alpha value is -3.93. The highest BCUT2D eigenvalue weighted by Crippen LogP contribution is 2.18. The molecule has 0 unspecified atom stereocenters. The number of furan rings is 1. The van der Waals surface area contributed by atoms with Gasteiger partial charge in [0.25, 0.3) is 5.91 Å². The van der Waals surface area contributed by atoms with E-state index in [1.54, 1.807) is 47.5 Å². The van der Waals surface area contributed by atoms with Crippen molar-refractivity contribution in [3.8, 4) is 6.07 Å². The van der Waals surface area contributed by atoms with E-state index in [0.717, 1.165) is 5.69 Å². The van der Waals surface area contributed by atoms with Gasteiger partial charge in [-0.15, -0.1) is 5.10 Å². The van der Waals surface area contributed by atoms with E-state index < -0.39 is 0 Å². The number of rotatable bonds is 4. The average molecular weight is 375 g/mol. The minimum absolute atomic E-state index is 0.103. The number of hydrogen-bond acceptors (Lipinski definition) is 8. The van der Waals surface area contributed by atoms with Crippen LogP contribution in [-0.4, -0.2) is 52.2 Å². The number of nitrogens with one attached hydrogen (secondary N) is 1. The zero-order valence-electron chi connectivity index (χ0n) is 14.9. The highest BCUT2D eigenvalue weighted by Gasteiger charge is 2.24. The molecule has 1 amide bonds. The summed E-state index contributed by atoms with van der Waals surface area (Å²) in [4.78, 5) is 20.7. The molecule has 28 heavy (non-hydrogen) atoms. The van der Waals surface area contributed by atoms with Gasteiger partial charge in [0.05, 0.1) is 24.1 Å². The second-order valence-electron chi connectivity index (χ2n) is 6.21. The minimum atomic E-state index is -0.103. The number of piperazine rings is 1. The molecule has 0 spiro atoms. The van der Waals surface area contributed by atoms with Crippen molar-refractivity contribution >= 4 is 23.4 Å². The molecule has 0 atom stereocenters. The molecule has 2 aromatic heterocycles. The average Bonchev–Trinajstić information content (AvgIpc) is 3.29. The van der Waals surface area contributed by atoms with Crippen molar-refractivity contribution in [3.05, 3.63) is 60.2 Å². The molecule has 9 nitrogen and oxygen atoms in total. The quantitative estimate of drug-likeness (QED) is 0.737. The van der Waals surface area contributed by atoms with Gasteiger partial charge in [-0.3, -0.25) is 4.79 Å². The summed E-state index contributed by atoms with van der Waals surface area (Å²) in [5.41, 5.74) is 1.35. The SMILES string of the molecule is N#Cc1ccc(Nc2nncc(N3CCN(C(=O)c4ccco4)CC3)n2)cc1. The molecule has 1 aliphatic heterocycles. The van der Waals surface area contributed by atoms with Gasteiger partial charge in [-0.2, -0.15) is 15.3 Å². The van der Waals surface area contributed by atoms with Crippen molar-refractivity contribution in [3.63, 3.8) is 0 Å². The molecule has 1 aliphatic rings. The van der Waals surface area contributed by atoms with Gasteiger partial charge in [0, 0.05) is 31.9 Å². The van der Waals surface area contributed by atoms with Gasteiger partial charge in [-0.25, -0.2) is 0 Å². The maximum Gasteiger partial charge on any atom is 0.289 e. The summed E-state index contributed by atoms with van der Waals surface area (Å²) in [6.45, 7) is 2.42. The van der Waals surface area contributed by atoms with Gasteiger partial charge >= 0.3 is 0 Å². The van der Waals surface area contributed by atoms with Crippen molar-refractivity contribution in [1.82, 2.24) is 20.1 Å². The number of aromatic nitrogens is 3. The van der Waals surface area contributed by atoms with E-state index in [2.05, 4.69) is 31.5 Å². The summed E-state index contributed by atoms with van der Waals surface area (Å²) < 4.78 is 5.19. The highest BCUT2D eigenvalue weighted by molar-refractivity contribution is 5.91. The molecule has 3 heterocycles. The van der Waals surface area contributed by atoms with Crippen molar-refractivity contribution in [1.29, 1.82) is 5.26 Å². The first-order chi connectivity index (χ1) is 13.7. The van der Waals surface area contributed by atoms with E-state index in [0.29, 0.717) is 49.3 Å². The molecule has 0 radical (unpaired) electrons. The Morgan fingerprint density at radius 2 is 1.93 bits per heavy atom. The van der Waals surface area contributed by atoms with Crippen molar-refractivity contribution < 1.29 is 9.21 Å². The number of amides is 1. The maximum absolute atomic E-state index is 12.4. The number of benzene rings is 1. The van der Waals surface area contributed by atoms with Crippen LogP contribution >= 0.6 is 0 Å². The van der Waals surface area contributed by atoms with Crippen LogP contribution in [0.25, 0.3) is 0 Å². The summed E-state index contributed by atoms with van der Waals surface area (Å²) in [6, 6.07) is 12.5. The third kappa shape index (κ3) is 3.76. The lowest BCUT2D eigenvalue weighted by Gasteiger charge is -2.34. The second-order valence-corrected chi connectivity index (χ2v) is 6.21. The third-order valence-electron chi connectivity index (χ3n) is 4.44. The van der Waals surface area contributed by atoms with Gasteiger partial charge in [-0.1, -0.05) is 0 Å². The van der Waals surface area contributed by atoms with Crippen LogP contribution in [0.2, 0.25) is 0 Å². The van der Waals surface area contributed by atoms with E-state index in [1.165, 1.54) is 6.26 Å². The summed E-state index contributed by atoms with van der Waals surface area (Å²) in [6.07, 6.45) is 3.10. The summed E-state index contributed by atoms with van der Waals surface area (Å²) in [7, 11) is 0. The van der Waals surface area contributed by atoms with Crippen LogP contribution in [-0.2, 0) is 0 Å². The summed E-state index contributed by atoms with van der Waals surface area (Å²) >= 11 is 0. The first-order valence-corrected chi connectivity index (χ1v) is 8.77. The van der Waals surface area contributed by atoms with Crippen molar-refractivity contribution in [2.24, 2.45) is 0 Å². The van der Waals surface area contributed by atoms with Gasteiger partial charge in [0.1, 0.15) is 0 Å². The van der Waals surface area contributed by atoms with Crippen LogP contribution in [0, 0.1) is 11.3 Å². The molecular weight excluding hydrogens is 358 g/mol. The largest absolute Gasteiger partial charge is 0.459 e. The molecule has 9 heteroatoms. The molecule has 0 bridgehead atoms. The molecule has 140 valence electrons. The summed E-state index contributed by atoms with van der Waals surface area (Å²) in [5.74, 6) is 1.31. The Kier molecular flexibility index (Phi) is 4.84. The van der Waals surface area contributed by atoms with E-state index in [1.807, 2.05) is 0 Å². The van der Waals surface area contributed by atoms with E-state index in [4.69, 9.17) is 9.68 Å². The van der Waals surface area contributed by atoms with Crippen LogP contribution in [0.5, 0.6) is 0 Å². The molecule has 0 aliphatic carbocycles. The van der Waals surface area contributed by atoms with Gasteiger partial charge < -0.3 is 19.5 Å². The maximum atomic E-state index is 12.4. The molecule has 0 saturated carbocycles. The molecule has 3 aromatic rings. The fourth-order valence-corrected chi connectivity index (χ4v) is 2.95. The van der Waals surface area contributed by atoms with Crippen LogP contribution in [0.3, 0.4) is 0 Å². The molecule has 1 N–H and O–H groups in total. The van der Waals surface area contributed by atoms with Gasteiger partial charge in [0.15, 0.2) is 11.6 Å². The second kappa shape index (κ2) is 7.75. The predicted molar refractivity (Wildman–Crippen MR) is 101 cm³/mol. The third-order valence-corrected chi connectivity index (χ3v) is 4.44. The minimum Gasteiger partial charge on any atom is -0.459 e. The normalized spacial score (nSPS) is 13.8. The number of nitriles is 1. The van der Waals surface area contributed by atoms with E-state index in [9.17, 15) is 4.79 Å². The molecule has 1 fully saturated rings. The fraction of sp³-hybridized carbons (Fsp3) is 0.211. The van der Waals surface area contributed by atoms with Crippen LogP contribution in [0.4, 0.5) is 17.5 Å². The molecule has 4 rings (SSSR count). The monoisotopic (exact) mass is 375 g/mol. The van der Waals surface area contributed by atoms with Crippen LogP contribution in [0.15, 0.2) is 53.3 Å². The fourth-order valence-electron chi connectivity index (χ4n) is 2.95. The van der Waals surface area contributed by atoms with Crippen LogP contribution in [0.1, 0.15) is 16.1 Å². The predicted octanol–water partition coefficient (Wildman–Crippen LogP) is 2.04. The number of hydrogen-bond donors (Lipinski definition) is 1. The standard InChI is InChI=1S/C19H17N7O2/c20-12-14-3-5-15(6-4-14)22-19-23-17(13-21-24-19)25-7-9-26(10-8-25)18(27)16-2-1-11-28-16/h1-6,11,13H,7-10H2,(H,22,23,24). The highest BCUT2D eigenvalue weighted by atomic mass is 16.3. The van der Waals surface area contributed by atoms with Gasteiger partial charge in [0.2, 0.25) is 5.95 Å².